The van der Waals surface area contributed by atoms with Crippen LogP contribution >= 0.6 is 0 Å². The number of ether oxygens (including phenoxy) is 1. The molecule has 4 N–H and O–H groups in total. The number of hydrogen-bond donors (Lipinski definition) is 3. The van der Waals surface area contributed by atoms with Gasteiger partial charge in [-0.2, -0.15) is 13.2 Å². The average molecular weight is 452 g/mol. The average Bonchev–Trinajstić information content (AvgIpc) is 3.43. The molecular formula is C17H23F3N4O5S. The lowest BCUT2D eigenvalue weighted by atomic mass is 10.0. The van der Waals surface area contributed by atoms with E-state index in [2.05, 4.69) is 15.5 Å². The molecule has 0 spiro atoms. The molecule has 1 heterocycles. The summed E-state index contributed by atoms with van der Waals surface area (Å²) in [6.45, 7) is 2.07. The number of alkyl halides is 3. The van der Waals surface area contributed by atoms with Crippen molar-refractivity contribution in [3.05, 3.63) is 23.5 Å². The number of aromatic nitrogens is 1. The molecule has 13 heteroatoms. The Hall–Kier alpha value is -2.57. The monoisotopic (exact) mass is 452 g/mol. The van der Waals surface area contributed by atoms with Crippen molar-refractivity contribution in [2.75, 3.05) is 12.0 Å². The molecule has 1 fully saturated rings. The maximum absolute atomic E-state index is 12.9. The van der Waals surface area contributed by atoms with E-state index >= 15 is 0 Å². The van der Waals surface area contributed by atoms with Crippen molar-refractivity contribution in [1.82, 2.24) is 10.3 Å². The molecule has 30 heavy (non-hydrogen) atoms. The van der Waals surface area contributed by atoms with Crippen molar-refractivity contribution in [2.45, 2.75) is 50.4 Å². The molecule has 2 atom stereocenters. The van der Waals surface area contributed by atoms with E-state index in [9.17, 15) is 26.4 Å². The maximum atomic E-state index is 12.9. The molecule has 2 rings (SSSR count). The molecular weight excluding hydrogens is 429 g/mol. The molecule has 0 bridgehead atoms. The molecule has 0 aliphatic heterocycles. The predicted molar refractivity (Wildman–Crippen MR) is 101 cm³/mol. The number of nitrogens with two attached hydrogens (primary N) is 1. The Morgan fingerprint density at radius 3 is 2.53 bits per heavy atom. The van der Waals surface area contributed by atoms with Crippen LogP contribution in [0.3, 0.4) is 0 Å². The van der Waals surface area contributed by atoms with E-state index in [4.69, 9.17) is 15.7 Å². The van der Waals surface area contributed by atoms with E-state index in [1.807, 2.05) is 0 Å². The summed E-state index contributed by atoms with van der Waals surface area (Å²) >= 11 is 0. The number of halogens is 3. The van der Waals surface area contributed by atoms with Crippen LogP contribution in [0.25, 0.3) is 0 Å². The van der Waals surface area contributed by atoms with Crippen LogP contribution in [-0.2, 0) is 9.84 Å². The van der Waals surface area contributed by atoms with E-state index in [1.54, 1.807) is 0 Å². The van der Waals surface area contributed by atoms with E-state index in [0.29, 0.717) is 5.56 Å². The first kappa shape index (κ1) is 23.7. The number of hydrogen-bond acceptors (Lipinski definition) is 7. The van der Waals surface area contributed by atoms with Gasteiger partial charge in [0.05, 0.1) is 5.75 Å². The lowest BCUT2D eigenvalue weighted by Gasteiger charge is -2.28. The van der Waals surface area contributed by atoms with Crippen LogP contribution in [0.1, 0.15) is 48.7 Å². The van der Waals surface area contributed by atoms with Gasteiger partial charge in [-0.3, -0.25) is 9.78 Å². The zero-order valence-electron chi connectivity index (χ0n) is 16.5. The first-order valence-corrected chi connectivity index (χ1v) is 10.9. The Bertz CT molecular complexity index is 947. The number of oxime groups is 1. The summed E-state index contributed by atoms with van der Waals surface area (Å²) in [7, 11) is -3.67. The molecule has 9 nitrogen and oxygen atoms in total. The number of carbonyl (C=O) groups is 1. The van der Waals surface area contributed by atoms with Gasteiger partial charge in [-0.1, -0.05) is 5.16 Å². The number of carbonyl (C=O) groups excluding carboxylic acids is 1. The topological polar surface area (TPSA) is 144 Å². The van der Waals surface area contributed by atoms with Crippen molar-refractivity contribution in [1.29, 1.82) is 0 Å². The van der Waals surface area contributed by atoms with Gasteiger partial charge in [0.2, 0.25) is 0 Å². The highest BCUT2D eigenvalue weighted by Gasteiger charge is 2.40. The highest BCUT2D eigenvalue weighted by atomic mass is 32.2. The fourth-order valence-electron chi connectivity index (χ4n) is 2.76. The van der Waals surface area contributed by atoms with Gasteiger partial charge in [0, 0.05) is 24.1 Å². The SMILES string of the molecule is CC(Oc1cc(C(=O)NC(C)(CS(C)(=O)=O)C(N)=NO)ncc1C1CC1)C(F)(F)F. The second-order valence-corrected chi connectivity index (χ2v) is 9.67. The van der Waals surface area contributed by atoms with Crippen LogP contribution in [0.5, 0.6) is 5.75 Å². The largest absolute Gasteiger partial charge is 0.481 e. The smallest absolute Gasteiger partial charge is 0.425 e. The van der Waals surface area contributed by atoms with E-state index < -0.39 is 45.2 Å². The summed E-state index contributed by atoms with van der Waals surface area (Å²) in [6, 6.07) is 1.07. The van der Waals surface area contributed by atoms with Crippen molar-refractivity contribution in [3.63, 3.8) is 0 Å². The Balaban J connectivity index is 2.35. The van der Waals surface area contributed by atoms with Gasteiger partial charge in [0.1, 0.15) is 26.8 Å². The van der Waals surface area contributed by atoms with Gasteiger partial charge in [-0.25, -0.2) is 8.42 Å². The predicted octanol–water partition coefficient (Wildman–Crippen LogP) is 1.57. The fourth-order valence-corrected chi connectivity index (χ4v) is 4.02. The quantitative estimate of drug-likeness (QED) is 0.235. The molecule has 0 aromatic carbocycles. The van der Waals surface area contributed by atoms with E-state index in [0.717, 1.165) is 32.1 Å². The Morgan fingerprint density at radius 2 is 2.07 bits per heavy atom. The van der Waals surface area contributed by atoms with Gasteiger partial charge in [-0.15, -0.1) is 0 Å². The summed E-state index contributed by atoms with van der Waals surface area (Å²) in [5.74, 6) is -2.32. The summed E-state index contributed by atoms with van der Waals surface area (Å²) in [6.07, 6.45) is -3.02. The first-order valence-electron chi connectivity index (χ1n) is 8.88. The number of sulfone groups is 1. The van der Waals surface area contributed by atoms with Crippen LogP contribution in [0.15, 0.2) is 17.4 Å². The number of amidine groups is 1. The zero-order valence-corrected chi connectivity index (χ0v) is 17.3. The van der Waals surface area contributed by atoms with Crippen LogP contribution in [0, 0.1) is 0 Å². The lowest BCUT2D eigenvalue weighted by Crippen LogP contribution is -2.59. The highest BCUT2D eigenvalue weighted by Crippen LogP contribution is 2.44. The van der Waals surface area contributed by atoms with Gasteiger partial charge < -0.3 is 21.0 Å². The van der Waals surface area contributed by atoms with Crippen LogP contribution < -0.4 is 15.8 Å². The third-order valence-corrected chi connectivity index (χ3v) is 5.62. The molecule has 0 radical (unpaired) electrons. The standard InChI is InChI=1S/C17H23F3N4O5S/c1-9(17(18,19)20)29-13-6-12(22-7-11(13)10-4-5-10)14(25)23-16(2,15(21)24-26)8-30(3,27)28/h6-7,9-10,26H,4-5,8H2,1-3H3,(H2,21,24)(H,23,25). The van der Waals surface area contributed by atoms with Crippen molar-refractivity contribution < 1.29 is 36.3 Å². The molecule has 1 aliphatic carbocycles. The molecule has 1 saturated carbocycles. The third kappa shape index (κ3) is 5.97. The summed E-state index contributed by atoms with van der Waals surface area (Å²) in [4.78, 5) is 16.6. The Labute approximate surface area is 171 Å². The molecule has 1 amide bonds. The zero-order chi connectivity index (χ0) is 22.9. The molecule has 1 aromatic heterocycles. The van der Waals surface area contributed by atoms with E-state index in [1.165, 1.54) is 13.1 Å². The Kier molecular flexibility index (Phi) is 6.54. The summed E-state index contributed by atoms with van der Waals surface area (Å²) in [5, 5.41) is 14.0. The summed E-state index contributed by atoms with van der Waals surface area (Å²) in [5.41, 5.74) is 3.92. The number of rotatable bonds is 8. The Morgan fingerprint density at radius 1 is 1.47 bits per heavy atom. The number of nitrogens with zero attached hydrogens (tertiary/aromatic N) is 2. The number of pyridine rings is 1. The van der Waals surface area contributed by atoms with Crippen molar-refractivity contribution in [3.8, 4) is 5.75 Å². The molecule has 0 saturated heterocycles. The van der Waals surface area contributed by atoms with Crippen LogP contribution in [-0.4, -0.2) is 60.2 Å². The first-order chi connectivity index (χ1) is 13.7. The van der Waals surface area contributed by atoms with Gasteiger partial charge >= 0.3 is 6.18 Å². The molecule has 168 valence electrons. The normalized spacial score (nSPS) is 18.4. The molecule has 2 unspecified atom stereocenters. The van der Waals surface area contributed by atoms with Crippen LogP contribution in [0.4, 0.5) is 13.2 Å². The van der Waals surface area contributed by atoms with Gasteiger partial charge in [0.25, 0.3) is 5.91 Å². The molecule has 1 aromatic rings. The van der Waals surface area contributed by atoms with Crippen molar-refractivity contribution in [2.24, 2.45) is 10.9 Å². The van der Waals surface area contributed by atoms with Crippen molar-refractivity contribution >= 4 is 21.6 Å². The maximum Gasteiger partial charge on any atom is 0.425 e. The number of amides is 1. The summed E-state index contributed by atoms with van der Waals surface area (Å²) < 4.78 is 67.2. The minimum Gasteiger partial charge on any atom is -0.481 e. The second-order valence-electron chi connectivity index (χ2n) is 7.52. The van der Waals surface area contributed by atoms with E-state index in [-0.39, 0.29) is 17.4 Å². The highest BCUT2D eigenvalue weighted by molar-refractivity contribution is 7.90. The van der Waals surface area contributed by atoms with Gasteiger partial charge in [-0.05, 0) is 32.6 Å². The minimum atomic E-state index is -4.60. The number of nitrogens with one attached hydrogen (secondary N) is 1. The lowest BCUT2D eigenvalue weighted by molar-refractivity contribution is -0.189. The molecule has 1 aliphatic rings. The fraction of sp³-hybridized carbons (Fsp3) is 0.588. The third-order valence-electron chi connectivity index (χ3n) is 4.52. The minimum absolute atomic E-state index is 0.00212. The van der Waals surface area contributed by atoms with Crippen LogP contribution in [0.2, 0.25) is 0 Å². The second kappa shape index (κ2) is 8.28. The van der Waals surface area contributed by atoms with Gasteiger partial charge in [0.15, 0.2) is 11.9 Å².